The van der Waals surface area contributed by atoms with Gasteiger partial charge in [0.1, 0.15) is 5.82 Å². The first-order valence-corrected chi connectivity index (χ1v) is 4.89. The Bertz CT molecular complexity index is 294. The van der Waals surface area contributed by atoms with E-state index in [0.29, 0.717) is 5.92 Å². The Kier molecular flexibility index (Phi) is 2.27. The maximum absolute atomic E-state index is 5.86. The van der Waals surface area contributed by atoms with Crippen LogP contribution in [0.4, 0.5) is 0 Å². The van der Waals surface area contributed by atoms with Crippen LogP contribution in [-0.4, -0.2) is 9.97 Å². The van der Waals surface area contributed by atoms with Gasteiger partial charge >= 0.3 is 0 Å². The van der Waals surface area contributed by atoms with Gasteiger partial charge in [0.25, 0.3) is 0 Å². The molecular formula is C10H15N3. The SMILES string of the molecule is CCC(N)c1nccc(C2CC2)n1. The second-order valence-electron chi connectivity index (χ2n) is 3.63. The summed E-state index contributed by atoms with van der Waals surface area (Å²) in [5.74, 6) is 1.48. The highest BCUT2D eigenvalue weighted by Crippen LogP contribution is 2.38. The number of rotatable bonds is 3. The number of nitrogens with two attached hydrogens (primary N) is 1. The highest BCUT2D eigenvalue weighted by atomic mass is 14.9. The predicted molar refractivity (Wildman–Crippen MR) is 51.2 cm³/mol. The Labute approximate surface area is 78.4 Å². The maximum atomic E-state index is 5.86. The zero-order chi connectivity index (χ0) is 9.26. The van der Waals surface area contributed by atoms with Gasteiger partial charge in [0.05, 0.1) is 6.04 Å². The van der Waals surface area contributed by atoms with E-state index in [0.717, 1.165) is 12.2 Å². The Morgan fingerprint density at radius 1 is 1.62 bits per heavy atom. The van der Waals surface area contributed by atoms with Gasteiger partial charge < -0.3 is 5.73 Å². The van der Waals surface area contributed by atoms with Gasteiger partial charge in [0.15, 0.2) is 0 Å². The maximum Gasteiger partial charge on any atom is 0.145 e. The summed E-state index contributed by atoms with van der Waals surface area (Å²) in [7, 11) is 0. The fourth-order valence-electron chi connectivity index (χ4n) is 1.36. The summed E-state index contributed by atoms with van der Waals surface area (Å²) in [6.45, 7) is 2.05. The molecule has 2 rings (SSSR count). The average Bonchev–Trinajstić information content (AvgIpc) is 3.00. The van der Waals surface area contributed by atoms with E-state index in [2.05, 4.69) is 16.9 Å². The average molecular weight is 177 g/mol. The Morgan fingerprint density at radius 3 is 3.00 bits per heavy atom. The number of hydrogen-bond acceptors (Lipinski definition) is 3. The summed E-state index contributed by atoms with van der Waals surface area (Å²) < 4.78 is 0. The van der Waals surface area contributed by atoms with Crippen molar-refractivity contribution < 1.29 is 0 Å². The molecule has 1 aromatic rings. The smallest absolute Gasteiger partial charge is 0.145 e. The van der Waals surface area contributed by atoms with E-state index < -0.39 is 0 Å². The topological polar surface area (TPSA) is 51.8 Å². The van der Waals surface area contributed by atoms with Crippen LogP contribution in [0, 0.1) is 0 Å². The molecule has 0 aromatic carbocycles. The van der Waals surface area contributed by atoms with Crippen LogP contribution in [-0.2, 0) is 0 Å². The van der Waals surface area contributed by atoms with Gasteiger partial charge in [-0.05, 0) is 25.3 Å². The molecular weight excluding hydrogens is 162 g/mol. The molecule has 1 heterocycles. The normalized spacial score (nSPS) is 18.6. The number of nitrogens with zero attached hydrogens (tertiary/aromatic N) is 2. The van der Waals surface area contributed by atoms with Gasteiger partial charge in [-0.3, -0.25) is 0 Å². The molecule has 13 heavy (non-hydrogen) atoms. The lowest BCUT2D eigenvalue weighted by atomic mass is 10.2. The van der Waals surface area contributed by atoms with Crippen LogP contribution >= 0.6 is 0 Å². The second kappa shape index (κ2) is 3.42. The van der Waals surface area contributed by atoms with E-state index in [1.54, 1.807) is 0 Å². The minimum Gasteiger partial charge on any atom is -0.321 e. The van der Waals surface area contributed by atoms with Gasteiger partial charge in [0.2, 0.25) is 0 Å². The van der Waals surface area contributed by atoms with Gasteiger partial charge in [0, 0.05) is 17.8 Å². The molecule has 3 nitrogen and oxygen atoms in total. The van der Waals surface area contributed by atoms with Gasteiger partial charge in [-0.25, -0.2) is 9.97 Å². The van der Waals surface area contributed by atoms with Gasteiger partial charge in [-0.15, -0.1) is 0 Å². The van der Waals surface area contributed by atoms with Crippen LogP contribution in [0.15, 0.2) is 12.3 Å². The molecule has 70 valence electrons. The predicted octanol–water partition coefficient (Wildman–Crippen LogP) is 1.76. The molecule has 0 aliphatic heterocycles. The third-order valence-corrected chi connectivity index (χ3v) is 2.46. The van der Waals surface area contributed by atoms with E-state index in [4.69, 9.17) is 5.73 Å². The third-order valence-electron chi connectivity index (χ3n) is 2.46. The molecule has 1 saturated carbocycles. The van der Waals surface area contributed by atoms with Crippen molar-refractivity contribution in [3.05, 3.63) is 23.8 Å². The zero-order valence-electron chi connectivity index (χ0n) is 7.90. The van der Waals surface area contributed by atoms with E-state index in [1.807, 2.05) is 12.3 Å². The summed E-state index contributed by atoms with van der Waals surface area (Å²) in [6, 6.07) is 2.00. The van der Waals surface area contributed by atoms with Crippen molar-refractivity contribution in [3.63, 3.8) is 0 Å². The van der Waals surface area contributed by atoms with Crippen molar-refractivity contribution >= 4 is 0 Å². The minimum atomic E-state index is -0.00120. The molecule has 1 fully saturated rings. The van der Waals surface area contributed by atoms with Crippen molar-refractivity contribution in [2.24, 2.45) is 5.73 Å². The second-order valence-corrected chi connectivity index (χ2v) is 3.63. The van der Waals surface area contributed by atoms with Gasteiger partial charge in [-0.2, -0.15) is 0 Å². The van der Waals surface area contributed by atoms with Crippen LogP contribution in [0.5, 0.6) is 0 Å². The number of aromatic nitrogens is 2. The lowest BCUT2D eigenvalue weighted by Crippen LogP contribution is -2.13. The first kappa shape index (κ1) is 8.63. The summed E-state index contributed by atoms with van der Waals surface area (Å²) in [4.78, 5) is 8.65. The quantitative estimate of drug-likeness (QED) is 0.765. The lowest BCUT2D eigenvalue weighted by molar-refractivity contribution is 0.642. The molecule has 0 saturated heterocycles. The highest BCUT2D eigenvalue weighted by molar-refractivity contribution is 5.14. The van der Waals surface area contributed by atoms with Crippen LogP contribution in [0.1, 0.15) is 49.7 Å². The first-order valence-electron chi connectivity index (χ1n) is 4.89. The van der Waals surface area contributed by atoms with Crippen LogP contribution < -0.4 is 5.73 Å². The molecule has 2 N–H and O–H groups in total. The monoisotopic (exact) mass is 177 g/mol. The van der Waals surface area contributed by atoms with Crippen LogP contribution in [0.3, 0.4) is 0 Å². The van der Waals surface area contributed by atoms with Crippen molar-refractivity contribution in [1.29, 1.82) is 0 Å². The fraction of sp³-hybridized carbons (Fsp3) is 0.600. The molecule has 1 aliphatic rings. The van der Waals surface area contributed by atoms with Gasteiger partial charge in [-0.1, -0.05) is 6.92 Å². The van der Waals surface area contributed by atoms with Crippen LogP contribution in [0.25, 0.3) is 0 Å². The first-order chi connectivity index (χ1) is 6.31. The summed E-state index contributed by atoms with van der Waals surface area (Å²) in [5.41, 5.74) is 7.03. The Hall–Kier alpha value is -0.960. The lowest BCUT2D eigenvalue weighted by Gasteiger charge is -2.07. The molecule has 0 spiro atoms. The largest absolute Gasteiger partial charge is 0.321 e. The van der Waals surface area contributed by atoms with Crippen molar-refractivity contribution in [1.82, 2.24) is 9.97 Å². The molecule has 1 aliphatic carbocycles. The highest BCUT2D eigenvalue weighted by Gasteiger charge is 2.25. The molecule has 3 heteroatoms. The van der Waals surface area contributed by atoms with E-state index in [1.165, 1.54) is 18.5 Å². The summed E-state index contributed by atoms with van der Waals surface area (Å²) in [5, 5.41) is 0. The van der Waals surface area contributed by atoms with E-state index in [-0.39, 0.29) is 6.04 Å². The van der Waals surface area contributed by atoms with Crippen molar-refractivity contribution in [3.8, 4) is 0 Å². The van der Waals surface area contributed by atoms with E-state index >= 15 is 0 Å². The molecule has 0 radical (unpaired) electrons. The third kappa shape index (κ3) is 1.86. The Morgan fingerprint density at radius 2 is 2.38 bits per heavy atom. The van der Waals surface area contributed by atoms with Crippen LogP contribution in [0.2, 0.25) is 0 Å². The summed E-state index contributed by atoms with van der Waals surface area (Å²) in [6.07, 6.45) is 5.27. The molecule has 0 amide bonds. The van der Waals surface area contributed by atoms with Crippen molar-refractivity contribution in [2.75, 3.05) is 0 Å². The standard InChI is InChI=1S/C10H15N3/c1-2-8(11)10-12-6-5-9(13-10)7-3-4-7/h5-8H,2-4,11H2,1H3. The summed E-state index contributed by atoms with van der Waals surface area (Å²) >= 11 is 0. The van der Waals surface area contributed by atoms with Crippen molar-refractivity contribution in [2.45, 2.75) is 38.1 Å². The molecule has 0 bridgehead atoms. The van der Waals surface area contributed by atoms with E-state index in [9.17, 15) is 0 Å². The molecule has 1 unspecified atom stereocenters. The Balaban J connectivity index is 2.21. The zero-order valence-corrected chi connectivity index (χ0v) is 7.90. The minimum absolute atomic E-state index is 0.00120. The molecule has 1 aromatic heterocycles. The fourth-order valence-corrected chi connectivity index (χ4v) is 1.36. The molecule has 1 atom stereocenters. The number of hydrogen-bond donors (Lipinski definition) is 1.